The van der Waals surface area contributed by atoms with Gasteiger partial charge in [-0.3, -0.25) is 0 Å². The summed E-state index contributed by atoms with van der Waals surface area (Å²) < 4.78 is 12.7. The molecule has 0 unspecified atom stereocenters. The van der Waals surface area contributed by atoms with Crippen molar-refractivity contribution in [2.75, 3.05) is 0 Å². The fourth-order valence-electron chi connectivity index (χ4n) is 5.52. The minimum Gasteiger partial charge on any atom is -0.456 e. The summed E-state index contributed by atoms with van der Waals surface area (Å²) in [5.41, 5.74) is 6.21. The summed E-state index contributed by atoms with van der Waals surface area (Å²) >= 11 is 0. The number of aryl methyl sites for hydroxylation is 2. The molecule has 0 atom stereocenters. The van der Waals surface area contributed by atoms with Crippen LogP contribution in [0.2, 0.25) is 0 Å². The summed E-state index contributed by atoms with van der Waals surface area (Å²) in [6, 6.07) is 30.8. The van der Waals surface area contributed by atoms with E-state index in [1.807, 2.05) is 0 Å². The Labute approximate surface area is 195 Å². The van der Waals surface area contributed by atoms with Crippen LogP contribution in [0.25, 0.3) is 76.2 Å². The monoisotopic (exact) mass is 436 g/mol. The predicted molar refractivity (Wildman–Crippen MR) is 143 cm³/mol. The lowest BCUT2D eigenvalue weighted by molar-refractivity contribution is 0.669. The van der Waals surface area contributed by atoms with E-state index in [1.165, 1.54) is 32.7 Å². The normalized spacial score (nSPS) is 12.4. The van der Waals surface area contributed by atoms with Gasteiger partial charge in [0.2, 0.25) is 0 Å². The number of hydrogen-bond donors (Lipinski definition) is 0. The van der Waals surface area contributed by atoms with Gasteiger partial charge < -0.3 is 8.83 Å². The predicted octanol–water partition coefficient (Wildman–Crippen LogP) is 9.56. The topological polar surface area (TPSA) is 26.3 Å². The molecule has 2 heteroatoms. The Morgan fingerprint density at radius 3 is 1.06 bits per heavy atom. The van der Waals surface area contributed by atoms with Crippen molar-refractivity contribution in [3.05, 3.63) is 96.1 Å². The first-order valence-electron chi connectivity index (χ1n) is 11.7. The van der Waals surface area contributed by atoms with E-state index in [4.69, 9.17) is 8.83 Å². The third-order valence-corrected chi connectivity index (χ3v) is 7.25. The van der Waals surface area contributed by atoms with Gasteiger partial charge in [-0.2, -0.15) is 0 Å². The largest absolute Gasteiger partial charge is 0.456 e. The summed E-state index contributed by atoms with van der Waals surface area (Å²) in [7, 11) is 0. The molecule has 0 spiro atoms. The molecule has 0 aliphatic rings. The highest BCUT2D eigenvalue weighted by Crippen LogP contribution is 2.39. The second kappa shape index (κ2) is 6.18. The van der Waals surface area contributed by atoms with E-state index >= 15 is 0 Å². The highest BCUT2D eigenvalue weighted by Gasteiger charge is 2.14. The van der Waals surface area contributed by atoms with Gasteiger partial charge in [0.05, 0.1) is 0 Å². The van der Waals surface area contributed by atoms with Crippen LogP contribution in [0, 0.1) is 13.8 Å². The van der Waals surface area contributed by atoms with E-state index in [1.54, 1.807) is 0 Å². The molecule has 0 aliphatic heterocycles. The van der Waals surface area contributed by atoms with Crippen LogP contribution in [0.15, 0.2) is 93.8 Å². The molecule has 2 heterocycles. The fourth-order valence-corrected chi connectivity index (χ4v) is 5.52. The molecular formula is C32H20O2. The van der Waals surface area contributed by atoms with Gasteiger partial charge >= 0.3 is 0 Å². The smallest absolute Gasteiger partial charge is 0.136 e. The Hall–Kier alpha value is -4.30. The molecule has 34 heavy (non-hydrogen) atoms. The highest BCUT2D eigenvalue weighted by atomic mass is 16.3. The molecule has 2 aromatic heterocycles. The average molecular weight is 437 g/mol. The lowest BCUT2D eigenvalue weighted by atomic mass is 10.0. The maximum Gasteiger partial charge on any atom is 0.136 e. The fraction of sp³-hybridized carbons (Fsp3) is 0.0625. The van der Waals surface area contributed by atoms with E-state index in [9.17, 15) is 0 Å². The van der Waals surface area contributed by atoms with Crippen molar-refractivity contribution in [2.24, 2.45) is 0 Å². The van der Waals surface area contributed by atoms with Crippen LogP contribution in [0.1, 0.15) is 11.1 Å². The van der Waals surface area contributed by atoms with Gasteiger partial charge in [0, 0.05) is 21.5 Å². The summed E-state index contributed by atoms with van der Waals surface area (Å²) in [5, 5.41) is 11.8. The number of benzene rings is 6. The van der Waals surface area contributed by atoms with Crippen LogP contribution in [-0.2, 0) is 0 Å². The maximum absolute atomic E-state index is 6.33. The quantitative estimate of drug-likeness (QED) is 0.236. The number of hydrogen-bond acceptors (Lipinski definition) is 2. The van der Waals surface area contributed by atoms with Crippen molar-refractivity contribution in [3.8, 4) is 0 Å². The molecule has 0 bridgehead atoms. The average Bonchev–Trinajstić information content (AvgIpc) is 3.34. The third kappa shape index (κ3) is 2.45. The Morgan fingerprint density at radius 2 is 0.676 bits per heavy atom. The van der Waals surface area contributed by atoms with E-state index < -0.39 is 0 Å². The van der Waals surface area contributed by atoms with Gasteiger partial charge in [0.15, 0.2) is 0 Å². The molecule has 0 amide bonds. The van der Waals surface area contributed by atoms with Gasteiger partial charge in [-0.1, -0.05) is 47.5 Å². The van der Waals surface area contributed by atoms with Crippen LogP contribution >= 0.6 is 0 Å². The Balaban J connectivity index is 1.43. The number of fused-ring (bicyclic) bond motifs is 9. The zero-order valence-electron chi connectivity index (χ0n) is 18.9. The molecule has 0 saturated carbocycles. The first kappa shape index (κ1) is 18.2. The van der Waals surface area contributed by atoms with Crippen molar-refractivity contribution in [1.29, 1.82) is 0 Å². The van der Waals surface area contributed by atoms with Gasteiger partial charge in [-0.25, -0.2) is 0 Å². The molecule has 0 fully saturated rings. The Bertz CT molecular complexity index is 1980. The van der Waals surface area contributed by atoms with E-state index in [2.05, 4.69) is 98.8 Å². The minimum atomic E-state index is 0.919. The van der Waals surface area contributed by atoms with E-state index in [0.717, 1.165) is 54.6 Å². The van der Waals surface area contributed by atoms with E-state index in [0.29, 0.717) is 0 Å². The molecule has 160 valence electrons. The van der Waals surface area contributed by atoms with Crippen LogP contribution in [0.3, 0.4) is 0 Å². The highest BCUT2D eigenvalue weighted by molar-refractivity contribution is 6.17. The van der Waals surface area contributed by atoms with Crippen molar-refractivity contribution >= 4 is 76.2 Å². The lowest BCUT2D eigenvalue weighted by Crippen LogP contribution is -1.77. The minimum absolute atomic E-state index is 0.919. The maximum atomic E-state index is 6.33. The van der Waals surface area contributed by atoms with Crippen molar-refractivity contribution in [1.82, 2.24) is 0 Å². The number of rotatable bonds is 0. The SMILES string of the molecule is Cc1ccc2cc3c(cc2c1)oc1cc2cc4c(cc2cc13)oc1cc2cc(C)ccc2cc14. The summed E-state index contributed by atoms with van der Waals surface area (Å²) in [4.78, 5) is 0. The molecule has 8 rings (SSSR count). The zero-order valence-corrected chi connectivity index (χ0v) is 18.9. The molecule has 0 radical (unpaired) electrons. The summed E-state index contributed by atoms with van der Waals surface area (Å²) in [6.07, 6.45) is 0. The second-order valence-corrected chi connectivity index (χ2v) is 9.65. The lowest BCUT2D eigenvalue weighted by Gasteiger charge is -2.01. The van der Waals surface area contributed by atoms with Crippen LogP contribution in [0.4, 0.5) is 0 Å². The molecule has 6 aromatic carbocycles. The van der Waals surface area contributed by atoms with Crippen LogP contribution < -0.4 is 0 Å². The van der Waals surface area contributed by atoms with Gasteiger partial charge in [0.1, 0.15) is 22.3 Å². The van der Waals surface area contributed by atoms with Gasteiger partial charge in [0.25, 0.3) is 0 Å². The molecule has 8 aromatic rings. The van der Waals surface area contributed by atoms with Crippen LogP contribution in [0.5, 0.6) is 0 Å². The number of furan rings is 2. The Morgan fingerprint density at radius 1 is 0.353 bits per heavy atom. The summed E-state index contributed by atoms with van der Waals surface area (Å²) in [5.74, 6) is 0. The molecular weight excluding hydrogens is 416 g/mol. The first-order chi connectivity index (χ1) is 16.6. The zero-order chi connectivity index (χ0) is 22.6. The summed E-state index contributed by atoms with van der Waals surface area (Å²) in [6.45, 7) is 4.25. The van der Waals surface area contributed by atoms with Gasteiger partial charge in [-0.15, -0.1) is 0 Å². The molecule has 0 saturated heterocycles. The van der Waals surface area contributed by atoms with Crippen LogP contribution in [-0.4, -0.2) is 0 Å². The van der Waals surface area contributed by atoms with Crippen molar-refractivity contribution in [3.63, 3.8) is 0 Å². The first-order valence-corrected chi connectivity index (χ1v) is 11.7. The molecule has 2 nitrogen and oxygen atoms in total. The standard InChI is InChI=1S/C32H20O2/c1-17-3-5-19-9-25-27-11-23-16-32-28(12-24(23)15-31(27)33-29(25)13-21(19)7-17)26-10-20-6-4-18(2)8-22(20)14-30(26)34-32/h3-16H,1-2H3. The molecule has 0 aliphatic carbocycles. The van der Waals surface area contributed by atoms with Gasteiger partial charge in [-0.05, 0) is 94.7 Å². The van der Waals surface area contributed by atoms with E-state index in [-0.39, 0.29) is 0 Å². The van der Waals surface area contributed by atoms with Crippen molar-refractivity contribution < 1.29 is 8.83 Å². The molecule has 0 N–H and O–H groups in total. The Kier molecular flexibility index (Phi) is 3.30. The van der Waals surface area contributed by atoms with Crippen molar-refractivity contribution in [2.45, 2.75) is 13.8 Å². The third-order valence-electron chi connectivity index (χ3n) is 7.25. The second-order valence-electron chi connectivity index (χ2n) is 9.65.